The molecule has 0 aliphatic carbocycles. The summed E-state index contributed by atoms with van der Waals surface area (Å²) in [6.07, 6.45) is 5.28. The summed E-state index contributed by atoms with van der Waals surface area (Å²) in [6.45, 7) is 8.72. The molecule has 0 bridgehead atoms. The van der Waals surface area contributed by atoms with Gasteiger partial charge in [0.1, 0.15) is 0 Å². The van der Waals surface area contributed by atoms with Crippen molar-refractivity contribution >= 4 is 0 Å². The largest absolute Gasteiger partial charge is 0.333 e. The zero-order valence-corrected chi connectivity index (χ0v) is 8.41. The van der Waals surface area contributed by atoms with Crippen LogP contribution in [0.4, 0.5) is 0 Å². The van der Waals surface area contributed by atoms with Crippen molar-refractivity contribution < 1.29 is 0 Å². The van der Waals surface area contributed by atoms with Gasteiger partial charge >= 0.3 is 0 Å². The van der Waals surface area contributed by atoms with Crippen LogP contribution in [-0.4, -0.2) is 7.05 Å². The smallest absolute Gasteiger partial charge is 0.0195 e. The number of hydrogen-bond acceptors (Lipinski definition) is 1. The molecule has 1 nitrogen and oxygen atoms in total. The van der Waals surface area contributed by atoms with Gasteiger partial charge in [0, 0.05) is 0 Å². The van der Waals surface area contributed by atoms with Gasteiger partial charge in [0.15, 0.2) is 0 Å². The third-order valence-electron chi connectivity index (χ3n) is 1.000. The van der Waals surface area contributed by atoms with Gasteiger partial charge in [-0.25, -0.2) is 0 Å². The molecule has 0 aromatic carbocycles. The maximum atomic E-state index is 4.50. The first-order valence-electron chi connectivity index (χ1n) is 4.41. The molecule has 0 spiro atoms. The van der Waals surface area contributed by atoms with E-state index in [0.717, 1.165) is 0 Å². The quantitative estimate of drug-likeness (QED) is 0.638. The lowest BCUT2D eigenvalue weighted by Crippen LogP contribution is -1.69. The maximum absolute atomic E-state index is 4.50. The summed E-state index contributed by atoms with van der Waals surface area (Å²) in [5.41, 5.74) is 4.50. The molecule has 0 aromatic rings. The highest BCUT2D eigenvalue weighted by molar-refractivity contribution is 4.13. The Morgan fingerprint density at radius 2 is 0.700 bits per heavy atom. The van der Waals surface area contributed by atoms with Crippen molar-refractivity contribution in [2.24, 2.45) is 5.73 Å². The normalized spacial score (nSPS) is 6.60. The summed E-state index contributed by atoms with van der Waals surface area (Å²) in [5.74, 6) is 0. The Bertz CT molecular complexity index is 12.7. The monoisotopic (exact) mass is 147 g/mol. The van der Waals surface area contributed by atoms with Gasteiger partial charge in [0.25, 0.3) is 0 Å². The number of rotatable bonds is 2. The summed E-state index contributed by atoms with van der Waals surface area (Å²) in [7, 11) is 1.50. The number of hydrogen-bond donors (Lipinski definition) is 1. The van der Waals surface area contributed by atoms with E-state index in [2.05, 4.69) is 33.4 Å². The predicted molar refractivity (Wildman–Crippen MR) is 51.3 cm³/mol. The Hall–Kier alpha value is -0.0400. The predicted octanol–water partition coefficient (Wildman–Crippen LogP) is 3.19. The molecule has 0 atom stereocenters. The van der Waals surface area contributed by atoms with Crippen LogP contribution < -0.4 is 5.73 Å². The Morgan fingerprint density at radius 3 is 0.700 bits per heavy atom. The highest BCUT2D eigenvalue weighted by Crippen LogP contribution is 1.77. The Morgan fingerprint density at radius 1 is 0.600 bits per heavy atom. The molecule has 0 aliphatic rings. The molecule has 66 valence electrons. The first-order valence-corrected chi connectivity index (χ1v) is 4.41. The third-order valence-corrected chi connectivity index (χ3v) is 1.000. The van der Waals surface area contributed by atoms with E-state index in [-0.39, 0.29) is 0 Å². The molecule has 0 amide bonds. The van der Waals surface area contributed by atoms with Crippen LogP contribution >= 0.6 is 0 Å². The van der Waals surface area contributed by atoms with Crippen molar-refractivity contribution in [1.82, 2.24) is 0 Å². The van der Waals surface area contributed by atoms with E-state index in [9.17, 15) is 0 Å². The van der Waals surface area contributed by atoms with Gasteiger partial charge in [-0.05, 0) is 7.05 Å². The second kappa shape index (κ2) is 36.2. The van der Waals surface area contributed by atoms with Crippen molar-refractivity contribution in [3.05, 3.63) is 0 Å². The van der Waals surface area contributed by atoms with E-state index in [1.54, 1.807) is 0 Å². The van der Waals surface area contributed by atoms with Gasteiger partial charge in [-0.1, -0.05) is 53.4 Å². The second-order valence-electron chi connectivity index (χ2n) is 2.00. The highest BCUT2D eigenvalue weighted by Gasteiger charge is 1.56. The molecule has 0 aliphatic heterocycles. The molecule has 0 heterocycles. The van der Waals surface area contributed by atoms with Crippen LogP contribution in [0.3, 0.4) is 0 Å². The van der Waals surface area contributed by atoms with E-state index in [4.69, 9.17) is 0 Å². The van der Waals surface area contributed by atoms with Crippen molar-refractivity contribution in [3.8, 4) is 0 Å². The van der Waals surface area contributed by atoms with E-state index >= 15 is 0 Å². The fourth-order valence-corrected chi connectivity index (χ4v) is 0. The topological polar surface area (TPSA) is 26.0 Å². The van der Waals surface area contributed by atoms with E-state index in [1.165, 1.54) is 32.7 Å². The highest BCUT2D eigenvalue weighted by atomic mass is 14.4. The average Bonchev–Trinajstić information content (AvgIpc) is 2.08. The van der Waals surface area contributed by atoms with E-state index in [1.807, 2.05) is 0 Å². The van der Waals surface area contributed by atoms with Gasteiger partial charge < -0.3 is 5.73 Å². The molecule has 0 unspecified atom stereocenters. The van der Waals surface area contributed by atoms with Crippen LogP contribution in [0.1, 0.15) is 53.4 Å². The molecule has 0 fully saturated rings. The maximum Gasteiger partial charge on any atom is -0.0195 e. The molecule has 10 heavy (non-hydrogen) atoms. The molecule has 0 saturated carbocycles. The average molecular weight is 147 g/mol. The third kappa shape index (κ3) is 100. The second-order valence-corrected chi connectivity index (χ2v) is 2.00. The van der Waals surface area contributed by atoms with Crippen LogP contribution in [0, 0.1) is 0 Å². The summed E-state index contributed by atoms with van der Waals surface area (Å²) >= 11 is 0. The van der Waals surface area contributed by atoms with E-state index in [0.29, 0.717) is 0 Å². The van der Waals surface area contributed by atoms with Crippen molar-refractivity contribution in [1.29, 1.82) is 0 Å². The molecule has 0 saturated heterocycles. The van der Waals surface area contributed by atoms with Crippen molar-refractivity contribution in [2.75, 3.05) is 7.05 Å². The molecular weight excluding hydrogens is 122 g/mol. The number of nitrogens with two attached hydrogens (primary N) is 1. The minimum absolute atomic E-state index is 1.32. The molecule has 2 N–H and O–H groups in total. The van der Waals surface area contributed by atoms with Crippen LogP contribution in [-0.2, 0) is 0 Å². The molecular formula is C9H25N. The lowest BCUT2D eigenvalue weighted by molar-refractivity contribution is 0.886. The minimum atomic E-state index is 1.32. The van der Waals surface area contributed by atoms with Crippen LogP contribution in [0.25, 0.3) is 0 Å². The minimum Gasteiger partial charge on any atom is -0.333 e. The van der Waals surface area contributed by atoms with Gasteiger partial charge in [-0.3, -0.25) is 0 Å². The zero-order valence-electron chi connectivity index (χ0n) is 8.41. The first-order chi connectivity index (χ1) is 4.83. The molecule has 1 heteroatoms. The van der Waals surface area contributed by atoms with Crippen LogP contribution in [0.5, 0.6) is 0 Å². The standard InChI is InChI=1S/2C4H10.CH5N/c2*1-3-4-2;1-2/h2*3-4H2,1-2H3;2H2,1H3. The Labute approximate surface area is 67.0 Å². The first kappa shape index (κ1) is 16.5. The van der Waals surface area contributed by atoms with Crippen LogP contribution in [0.15, 0.2) is 0 Å². The van der Waals surface area contributed by atoms with Gasteiger partial charge in [0.2, 0.25) is 0 Å². The summed E-state index contributed by atoms with van der Waals surface area (Å²) in [6, 6.07) is 0. The van der Waals surface area contributed by atoms with Crippen molar-refractivity contribution in [2.45, 2.75) is 53.4 Å². The fourth-order valence-electron chi connectivity index (χ4n) is 0. The van der Waals surface area contributed by atoms with Crippen LogP contribution in [0.2, 0.25) is 0 Å². The van der Waals surface area contributed by atoms with Crippen molar-refractivity contribution in [3.63, 3.8) is 0 Å². The lowest BCUT2D eigenvalue weighted by Gasteiger charge is -1.68. The summed E-state index contributed by atoms with van der Waals surface area (Å²) in [4.78, 5) is 0. The summed E-state index contributed by atoms with van der Waals surface area (Å²) < 4.78 is 0. The summed E-state index contributed by atoms with van der Waals surface area (Å²) in [5, 5.41) is 0. The van der Waals surface area contributed by atoms with Gasteiger partial charge in [-0.2, -0.15) is 0 Å². The molecule has 0 rings (SSSR count). The molecule has 0 aromatic heterocycles. The zero-order chi connectivity index (χ0) is 8.83. The Kier molecular flexibility index (Phi) is 59.8. The fraction of sp³-hybridized carbons (Fsp3) is 1.00. The van der Waals surface area contributed by atoms with E-state index < -0.39 is 0 Å². The van der Waals surface area contributed by atoms with Gasteiger partial charge in [-0.15, -0.1) is 0 Å². The Balaban J connectivity index is -0.0000000787. The lowest BCUT2D eigenvalue weighted by atomic mass is 10.4. The number of unbranched alkanes of at least 4 members (excludes halogenated alkanes) is 2. The SMILES string of the molecule is CCCC.CCCC.CN. The molecule has 0 radical (unpaired) electrons. The van der Waals surface area contributed by atoms with Gasteiger partial charge in [0.05, 0.1) is 0 Å².